The van der Waals surface area contributed by atoms with Crippen molar-refractivity contribution in [3.05, 3.63) is 140 Å². The van der Waals surface area contributed by atoms with Crippen molar-refractivity contribution in [3.8, 4) is 5.69 Å². The molecule has 0 amide bonds. The number of hydrogen-bond acceptors (Lipinski definition) is 5. The maximum atomic E-state index is 7.96. The first kappa shape index (κ1) is 26.6. The molecule has 0 bridgehead atoms. The first-order valence-electron chi connectivity index (χ1n) is 15.2. The zero-order valence-corrected chi connectivity index (χ0v) is 25.0. The molecule has 10 rings (SSSR count). The third kappa shape index (κ3) is 4.03. The van der Waals surface area contributed by atoms with Gasteiger partial charge in [0.05, 0.1) is 61.3 Å². The van der Waals surface area contributed by atoms with E-state index in [9.17, 15) is 0 Å². The van der Waals surface area contributed by atoms with Crippen LogP contribution in [0.5, 0.6) is 0 Å². The second kappa shape index (κ2) is 10.1. The van der Waals surface area contributed by atoms with Gasteiger partial charge >= 0.3 is 0 Å². The lowest BCUT2D eigenvalue weighted by molar-refractivity contribution is 1.11. The summed E-state index contributed by atoms with van der Waals surface area (Å²) in [5.74, 6) is 1.73. The van der Waals surface area contributed by atoms with E-state index in [4.69, 9.17) is 26.5 Å². The van der Waals surface area contributed by atoms with E-state index < -0.39 is 0 Å². The first-order valence-corrected chi connectivity index (χ1v) is 15.2. The highest BCUT2D eigenvalue weighted by Crippen LogP contribution is 2.31. The molecule has 9 aromatic rings. The number of nitrogen functional groups attached to an aromatic ring is 1. The van der Waals surface area contributed by atoms with Crippen molar-refractivity contribution in [1.29, 1.82) is 10.8 Å². The van der Waals surface area contributed by atoms with Crippen molar-refractivity contribution in [2.75, 3.05) is 5.73 Å². The highest BCUT2D eigenvalue weighted by atomic mass is 15.2. The summed E-state index contributed by atoms with van der Waals surface area (Å²) < 4.78 is 8.57. The highest BCUT2D eigenvalue weighted by Gasteiger charge is 2.19. The Balaban J connectivity index is 0.000000129. The minimum Gasteiger partial charge on any atom is -0.399 e. The molecule has 0 atom stereocenters. The third-order valence-electron chi connectivity index (χ3n) is 8.63. The van der Waals surface area contributed by atoms with Crippen molar-refractivity contribution in [3.63, 3.8) is 0 Å². The third-order valence-corrected chi connectivity index (χ3v) is 8.63. The van der Waals surface area contributed by atoms with Crippen LogP contribution >= 0.6 is 0 Å². The van der Waals surface area contributed by atoms with Crippen LogP contribution in [-0.4, -0.2) is 39.3 Å². The number of rotatable bonds is 2. The van der Waals surface area contributed by atoms with Crippen molar-refractivity contribution in [1.82, 2.24) is 27.9 Å². The summed E-state index contributed by atoms with van der Waals surface area (Å²) in [5.41, 5.74) is 17.4. The molecule has 0 saturated heterocycles. The summed E-state index contributed by atoms with van der Waals surface area (Å²) in [6, 6.07) is 40.7. The molecule has 0 saturated carbocycles. The fraction of sp³-hybridized carbons (Fsp3) is 0. The van der Waals surface area contributed by atoms with Gasteiger partial charge in [0, 0.05) is 11.4 Å². The van der Waals surface area contributed by atoms with E-state index in [1.807, 2.05) is 83.4 Å². The Bertz CT molecular complexity index is 2780. The van der Waals surface area contributed by atoms with Crippen molar-refractivity contribution >= 4 is 78.5 Å². The smallest absolute Gasteiger partial charge is 0.220 e. The fourth-order valence-corrected chi connectivity index (χ4v) is 6.51. The molecule has 9 nitrogen and oxygen atoms in total. The van der Waals surface area contributed by atoms with E-state index in [1.165, 1.54) is 0 Å². The molecule has 4 aromatic heterocycles. The standard InChI is InChI=1S/C19H13N5.C19H14N4/c20-13-10-9-12(11-14(13)21)23-17-7-3-4-8-18(17)24-16-6-2-1-5-15(16)22-19(23)24;20-13-9-11-14(12-10-13)22-17-7-3-4-8-18(17)23-16-6-2-1-5-15(16)21-19(22)23/h1-11,20-21H;1-12H,20H2. The van der Waals surface area contributed by atoms with Crippen LogP contribution in [0.2, 0.25) is 0 Å². The van der Waals surface area contributed by atoms with Gasteiger partial charge in [-0.1, -0.05) is 48.5 Å². The maximum absolute atomic E-state index is 7.96. The number of benzene rings is 5. The monoisotopic (exact) mass is 609 g/mol. The van der Waals surface area contributed by atoms with Gasteiger partial charge in [-0.2, -0.15) is 0 Å². The summed E-state index contributed by atoms with van der Waals surface area (Å²) in [5, 5.41) is 15.7. The molecule has 4 N–H and O–H groups in total. The van der Waals surface area contributed by atoms with Crippen molar-refractivity contribution in [2.45, 2.75) is 0 Å². The number of hydrogen-bond donors (Lipinski definition) is 3. The van der Waals surface area contributed by atoms with Crippen LogP contribution in [-0.2, 0) is 0 Å². The van der Waals surface area contributed by atoms with Crippen LogP contribution in [0.1, 0.15) is 0 Å². The van der Waals surface area contributed by atoms with Gasteiger partial charge in [0.1, 0.15) is 0 Å². The van der Waals surface area contributed by atoms with Gasteiger partial charge in [-0.3, -0.25) is 28.8 Å². The second-order valence-corrected chi connectivity index (χ2v) is 11.4. The number of imidazole rings is 4. The summed E-state index contributed by atoms with van der Waals surface area (Å²) in [6.07, 6.45) is 5.24. The molecular weight excluding hydrogens is 582 g/mol. The van der Waals surface area contributed by atoms with E-state index in [0.717, 1.165) is 72.8 Å². The van der Waals surface area contributed by atoms with E-state index in [2.05, 4.69) is 61.9 Å². The van der Waals surface area contributed by atoms with Crippen LogP contribution in [0.15, 0.2) is 140 Å². The number of nitrogens with two attached hydrogens (primary N) is 1. The Labute approximate surface area is 267 Å². The zero-order chi connectivity index (χ0) is 31.6. The molecule has 9 heteroatoms. The second-order valence-electron chi connectivity index (χ2n) is 11.4. The molecule has 4 heterocycles. The lowest BCUT2D eigenvalue weighted by Crippen LogP contribution is -2.12. The predicted molar refractivity (Wildman–Crippen MR) is 191 cm³/mol. The maximum Gasteiger partial charge on any atom is 0.220 e. The quantitative estimate of drug-likeness (QED) is 0.137. The number of allylic oxidation sites excluding steroid dienone is 4. The summed E-state index contributed by atoms with van der Waals surface area (Å²) in [7, 11) is 0. The van der Waals surface area contributed by atoms with Crippen molar-refractivity contribution < 1.29 is 0 Å². The average Bonchev–Trinajstić information content (AvgIpc) is 3.83. The molecule has 47 heavy (non-hydrogen) atoms. The Kier molecular flexibility index (Phi) is 5.75. The largest absolute Gasteiger partial charge is 0.399 e. The summed E-state index contributed by atoms with van der Waals surface area (Å²) in [4.78, 5) is 9.64. The molecular formula is C38H27N9. The molecule has 0 radical (unpaired) electrons. The fourth-order valence-electron chi connectivity index (χ4n) is 6.51. The number of fused-ring (bicyclic) bond motifs is 10. The zero-order valence-electron chi connectivity index (χ0n) is 25.0. The van der Waals surface area contributed by atoms with Crippen LogP contribution in [0.4, 0.5) is 5.69 Å². The van der Waals surface area contributed by atoms with Crippen molar-refractivity contribution in [2.24, 2.45) is 0 Å². The van der Waals surface area contributed by atoms with Gasteiger partial charge in [0.25, 0.3) is 0 Å². The number of nitrogens with zero attached hydrogens (tertiary/aromatic N) is 6. The Morgan fingerprint density at radius 3 is 1.49 bits per heavy atom. The molecule has 0 unspecified atom stereocenters. The predicted octanol–water partition coefficient (Wildman–Crippen LogP) is 7.91. The van der Waals surface area contributed by atoms with Gasteiger partial charge in [0.15, 0.2) is 0 Å². The first-order chi connectivity index (χ1) is 23.1. The van der Waals surface area contributed by atoms with Gasteiger partial charge in [0.2, 0.25) is 11.6 Å². The molecule has 5 aromatic carbocycles. The number of anilines is 1. The van der Waals surface area contributed by atoms with Gasteiger partial charge in [-0.05, 0) is 91.0 Å². The highest BCUT2D eigenvalue weighted by molar-refractivity contribution is 6.50. The SMILES string of the molecule is N=C1C=CC(n2c3ccccc3n3c4ccccc4nc23)=CC1=N.Nc1ccc(-n2c3ccccc3n3c4ccccc4nc23)cc1. The van der Waals surface area contributed by atoms with Crippen LogP contribution < -0.4 is 5.73 Å². The van der Waals surface area contributed by atoms with Gasteiger partial charge in [-0.15, -0.1) is 0 Å². The topological polar surface area (TPSA) is 118 Å². The molecule has 224 valence electrons. The minimum absolute atomic E-state index is 0.208. The van der Waals surface area contributed by atoms with E-state index in [0.29, 0.717) is 0 Å². The average molecular weight is 610 g/mol. The number of aromatic nitrogens is 6. The summed E-state index contributed by atoms with van der Waals surface area (Å²) in [6.45, 7) is 0. The Morgan fingerprint density at radius 2 is 0.936 bits per heavy atom. The normalized spacial score (nSPS) is 13.3. The lowest BCUT2D eigenvalue weighted by atomic mass is 10.1. The van der Waals surface area contributed by atoms with Crippen LogP contribution in [0.3, 0.4) is 0 Å². The van der Waals surface area contributed by atoms with Gasteiger partial charge in [-0.25, -0.2) is 9.97 Å². The minimum atomic E-state index is 0.208. The molecule has 0 aliphatic heterocycles. The van der Waals surface area contributed by atoms with E-state index >= 15 is 0 Å². The molecule has 0 fully saturated rings. The van der Waals surface area contributed by atoms with E-state index in [1.54, 1.807) is 12.2 Å². The molecule has 1 aliphatic rings. The van der Waals surface area contributed by atoms with Gasteiger partial charge < -0.3 is 5.73 Å². The van der Waals surface area contributed by atoms with E-state index in [-0.39, 0.29) is 11.4 Å². The molecule has 1 aliphatic carbocycles. The van der Waals surface area contributed by atoms with Crippen LogP contribution in [0.25, 0.3) is 67.1 Å². The Morgan fingerprint density at radius 1 is 0.468 bits per heavy atom. The number of para-hydroxylation sites is 8. The Hall–Kier alpha value is -6.74. The molecule has 0 spiro atoms. The lowest BCUT2D eigenvalue weighted by Gasteiger charge is -2.11. The summed E-state index contributed by atoms with van der Waals surface area (Å²) >= 11 is 0. The number of nitrogens with one attached hydrogen (secondary N) is 2. The van der Waals surface area contributed by atoms with Crippen LogP contribution in [0, 0.1) is 10.8 Å².